The summed E-state index contributed by atoms with van der Waals surface area (Å²) >= 11 is 3.47. The largest absolute Gasteiger partial charge is 0.374 e. The summed E-state index contributed by atoms with van der Waals surface area (Å²) < 4.78 is 10.2. The van der Waals surface area contributed by atoms with E-state index in [-0.39, 0.29) is 5.60 Å². The minimum Gasteiger partial charge on any atom is -0.374 e. The summed E-state index contributed by atoms with van der Waals surface area (Å²) in [7, 11) is 0. The summed E-state index contributed by atoms with van der Waals surface area (Å²) in [6.45, 7) is 2.80. The number of thioether (sulfide) groups is 1. The maximum Gasteiger partial charge on any atom is 0.202 e. The Kier molecular flexibility index (Phi) is 3.28. The molecule has 1 aromatic rings. The summed E-state index contributed by atoms with van der Waals surface area (Å²) in [4.78, 5) is 4.37. The number of nitrogens with one attached hydrogen (secondary N) is 1. The Hall–Kier alpha value is -0.330. The van der Waals surface area contributed by atoms with Gasteiger partial charge < -0.3 is 10.1 Å². The van der Waals surface area contributed by atoms with E-state index >= 15 is 0 Å². The highest BCUT2D eigenvalue weighted by Crippen LogP contribution is 2.38. The van der Waals surface area contributed by atoms with Crippen molar-refractivity contribution in [3.05, 3.63) is 5.82 Å². The van der Waals surface area contributed by atoms with Gasteiger partial charge in [-0.1, -0.05) is 0 Å². The van der Waals surface area contributed by atoms with E-state index in [0.29, 0.717) is 6.04 Å². The second-order valence-electron chi connectivity index (χ2n) is 4.81. The van der Waals surface area contributed by atoms with Crippen molar-refractivity contribution in [1.29, 1.82) is 0 Å². The van der Waals surface area contributed by atoms with Crippen LogP contribution in [0.3, 0.4) is 0 Å². The molecule has 1 N–H and O–H groups in total. The van der Waals surface area contributed by atoms with Gasteiger partial charge in [0.1, 0.15) is 5.82 Å². The molecule has 0 bridgehead atoms. The van der Waals surface area contributed by atoms with E-state index in [1.807, 2.05) is 18.7 Å². The predicted octanol–water partition coefficient (Wildman–Crippen LogP) is 2.31. The molecule has 94 valence electrons. The first-order valence-corrected chi connectivity index (χ1v) is 7.97. The van der Waals surface area contributed by atoms with Crippen molar-refractivity contribution >= 4 is 28.4 Å². The normalized spacial score (nSPS) is 33.1. The van der Waals surface area contributed by atoms with Crippen molar-refractivity contribution in [3.63, 3.8) is 0 Å². The number of nitrogens with zero attached hydrogens (tertiary/aromatic N) is 2. The van der Waals surface area contributed by atoms with Crippen LogP contribution in [0.15, 0.2) is 0 Å². The monoisotopic (exact) mass is 271 g/mol. The number of anilines is 1. The van der Waals surface area contributed by atoms with Gasteiger partial charge in [0.2, 0.25) is 5.13 Å². The Morgan fingerprint density at radius 2 is 2.47 bits per heavy atom. The molecule has 2 fully saturated rings. The second-order valence-corrected chi connectivity index (χ2v) is 6.67. The van der Waals surface area contributed by atoms with Crippen molar-refractivity contribution < 1.29 is 4.74 Å². The van der Waals surface area contributed by atoms with Crippen LogP contribution in [0.25, 0.3) is 0 Å². The van der Waals surface area contributed by atoms with Crippen molar-refractivity contribution in [3.8, 4) is 0 Å². The van der Waals surface area contributed by atoms with Crippen LogP contribution in [0.1, 0.15) is 25.1 Å². The highest BCUT2D eigenvalue weighted by atomic mass is 32.2. The van der Waals surface area contributed by atoms with Crippen molar-refractivity contribution in [2.75, 3.05) is 23.4 Å². The van der Waals surface area contributed by atoms with E-state index in [1.54, 1.807) is 0 Å². The van der Waals surface area contributed by atoms with E-state index < -0.39 is 0 Å². The van der Waals surface area contributed by atoms with Crippen molar-refractivity contribution in [2.45, 2.75) is 37.8 Å². The molecule has 1 aromatic heterocycles. The number of aromatic nitrogens is 2. The van der Waals surface area contributed by atoms with Gasteiger partial charge >= 0.3 is 0 Å². The SMILES string of the molecule is Cc1nsc(N[C@H]2CCO[C@]3(CCSC3)C2)n1. The minimum atomic E-state index is 0.139. The van der Waals surface area contributed by atoms with E-state index in [1.165, 1.54) is 23.7 Å². The smallest absolute Gasteiger partial charge is 0.202 e. The molecule has 3 heterocycles. The van der Waals surface area contributed by atoms with Gasteiger partial charge in [-0.25, -0.2) is 4.98 Å². The first kappa shape index (κ1) is 11.7. The van der Waals surface area contributed by atoms with Gasteiger partial charge in [-0.15, -0.1) is 0 Å². The molecule has 2 saturated heterocycles. The molecular weight excluding hydrogens is 254 g/mol. The van der Waals surface area contributed by atoms with Crippen molar-refractivity contribution in [2.24, 2.45) is 0 Å². The molecule has 17 heavy (non-hydrogen) atoms. The zero-order chi connectivity index (χ0) is 11.7. The van der Waals surface area contributed by atoms with E-state index in [9.17, 15) is 0 Å². The quantitative estimate of drug-likeness (QED) is 0.894. The highest BCUT2D eigenvalue weighted by Gasteiger charge is 2.40. The molecule has 0 unspecified atom stereocenters. The molecule has 0 aromatic carbocycles. The van der Waals surface area contributed by atoms with Crippen LogP contribution < -0.4 is 5.32 Å². The molecule has 2 atom stereocenters. The third-order valence-electron chi connectivity index (χ3n) is 3.42. The van der Waals surface area contributed by atoms with Crippen LogP contribution in [0.4, 0.5) is 5.13 Å². The van der Waals surface area contributed by atoms with E-state index in [4.69, 9.17) is 4.74 Å². The summed E-state index contributed by atoms with van der Waals surface area (Å²) in [5.74, 6) is 3.25. The number of rotatable bonds is 2. The van der Waals surface area contributed by atoms with Crippen LogP contribution in [0.5, 0.6) is 0 Å². The standard InChI is InChI=1S/C11H17N3OS2/c1-8-12-10(17-14-8)13-9-2-4-15-11(6-9)3-5-16-7-11/h9H,2-7H2,1H3,(H,12,13,14)/t9-,11+/m0/s1. The fourth-order valence-corrected chi connectivity index (χ4v) is 4.57. The molecule has 3 rings (SSSR count). The third kappa shape index (κ3) is 2.58. The van der Waals surface area contributed by atoms with Gasteiger partial charge in [0.25, 0.3) is 0 Å². The fraction of sp³-hybridized carbons (Fsp3) is 0.818. The van der Waals surface area contributed by atoms with Crippen LogP contribution in [-0.2, 0) is 4.74 Å². The van der Waals surface area contributed by atoms with Gasteiger partial charge in [0.05, 0.1) is 5.60 Å². The van der Waals surface area contributed by atoms with Gasteiger partial charge in [-0.05, 0) is 31.9 Å². The number of ether oxygens (including phenoxy) is 1. The molecule has 2 aliphatic heterocycles. The Balaban J connectivity index is 1.64. The zero-order valence-corrected chi connectivity index (χ0v) is 11.6. The maximum absolute atomic E-state index is 6.01. The summed E-state index contributed by atoms with van der Waals surface area (Å²) in [5, 5.41) is 4.46. The summed E-state index contributed by atoms with van der Waals surface area (Å²) in [5.41, 5.74) is 0.139. The Bertz CT molecular complexity index is 390. The molecule has 0 aliphatic carbocycles. The van der Waals surface area contributed by atoms with Gasteiger partial charge in [-0.3, -0.25) is 0 Å². The lowest BCUT2D eigenvalue weighted by atomic mass is 9.90. The lowest BCUT2D eigenvalue weighted by molar-refractivity contribution is -0.0628. The average Bonchev–Trinajstić information content (AvgIpc) is 2.89. The first-order valence-electron chi connectivity index (χ1n) is 6.04. The average molecular weight is 271 g/mol. The molecular formula is C11H17N3OS2. The fourth-order valence-electron chi connectivity index (χ4n) is 2.54. The minimum absolute atomic E-state index is 0.139. The predicted molar refractivity (Wildman–Crippen MR) is 71.9 cm³/mol. The van der Waals surface area contributed by atoms with E-state index in [0.717, 1.165) is 36.2 Å². The number of hydrogen-bond acceptors (Lipinski definition) is 6. The van der Waals surface area contributed by atoms with Gasteiger partial charge in [0, 0.05) is 29.9 Å². The van der Waals surface area contributed by atoms with Gasteiger partial charge in [0.15, 0.2) is 0 Å². The molecule has 4 nitrogen and oxygen atoms in total. The lowest BCUT2D eigenvalue weighted by Crippen LogP contribution is -2.44. The Morgan fingerprint density at radius 1 is 1.53 bits per heavy atom. The molecule has 2 aliphatic rings. The number of hydrogen-bond donors (Lipinski definition) is 1. The molecule has 6 heteroatoms. The Labute approximate surface area is 110 Å². The number of aryl methyl sites for hydroxylation is 1. The summed E-state index contributed by atoms with van der Waals surface area (Å²) in [6.07, 6.45) is 3.38. The Morgan fingerprint density at radius 3 is 3.18 bits per heavy atom. The molecule has 0 saturated carbocycles. The highest BCUT2D eigenvalue weighted by molar-refractivity contribution is 7.99. The lowest BCUT2D eigenvalue weighted by Gasteiger charge is -2.37. The van der Waals surface area contributed by atoms with Crippen LogP contribution in [-0.4, -0.2) is 39.1 Å². The molecule has 1 spiro atoms. The molecule has 0 amide bonds. The summed E-state index contributed by atoms with van der Waals surface area (Å²) in [6, 6.07) is 0.495. The van der Waals surface area contributed by atoms with Crippen molar-refractivity contribution in [1.82, 2.24) is 9.36 Å². The maximum atomic E-state index is 6.01. The van der Waals surface area contributed by atoms with Crippen LogP contribution >= 0.6 is 23.3 Å². The van der Waals surface area contributed by atoms with Gasteiger partial charge in [-0.2, -0.15) is 16.1 Å². The van der Waals surface area contributed by atoms with E-state index in [2.05, 4.69) is 14.7 Å². The van der Waals surface area contributed by atoms with Crippen LogP contribution in [0, 0.1) is 6.92 Å². The zero-order valence-electron chi connectivity index (χ0n) is 9.94. The molecule has 0 radical (unpaired) electrons. The second kappa shape index (κ2) is 4.74. The first-order chi connectivity index (χ1) is 8.26. The topological polar surface area (TPSA) is 47.0 Å². The third-order valence-corrected chi connectivity index (χ3v) is 5.38. The van der Waals surface area contributed by atoms with Crippen LogP contribution in [0.2, 0.25) is 0 Å².